The Hall–Kier alpha value is -5.05. The molecule has 37 heavy (non-hydrogen) atoms. The van der Waals surface area contributed by atoms with E-state index in [9.17, 15) is 24.0 Å². The molecule has 9 heteroatoms. The van der Waals surface area contributed by atoms with Gasteiger partial charge in [0.1, 0.15) is 12.2 Å². The molecule has 1 N–H and O–H groups in total. The number of amides is 3. The highest BCUT2D eigenvalue weighted by Gasteiger charge is 2.34. The SMILES string of the molecule is CC(=O)Nc1ccc2c(COC(=O)c3ccc(CN4C(=O)c5ccccc5C4=O)cc3)cc(=O)oc2c1. The standard InChI is InChI=1S/C28H20N2O7/c1-16(31)29-20-10-11-21-19(12-25(32)37-24(21)13-20)15-36-28(35)18-8-6-17(7-9-18)14-30-26(33)22-4-2-3-5-23(22)27(30)34/h2-13H,14-15H2,1H3,(H,29,31). The Labute approximate surface area is 210 Å². The molecule has 4 aromatic rings. The van der Waals surface area contributed by atoms with Crippen molar-refractivity contribution in [3.8, 4) is 0 Å². The van der Waals surface area contributed by atoms with E-state index < -0.39 is 11.6 Å². The van der Waals surface area contributed by atoms with E-state index in [1.807, 2.05) is 0 Å². The highest BCUT2D eigenvalue weighted by atomic mass is 16.5. The van der Waals surface area contributed by atoms with Gasteiger partial charge < -0.3 is 14.5 Å². The Bertz CT molecular complexity index is 1600. The van der Waals surface area contributed by atoms with Crippen molar-refractivity contribution in [2.75, 3.05) is 5.32 Å². The Morgan fingerprint density at radius 2 is 1.57 bits per heavy atom. The molecule has 2 heterocycles. The van der Waals surface area contributed by atoms with Crippen LogP contribution in [0.5, 0.6) is 0 Å². The van der Waals surface area contributed by atoms with E-state index in [1.54, 1.807) is 60.7 Å². The Morgan fingerprint density at radius 1 is 0.892 bits per heavy atom. The fourth-order valence-corrected chi connectivity index (χ4v) is 4.17. The average molecular weight is 496 g/mol. The summed E-state index contributed by atoms with van der Waals surface area (Å²) in [5.74, 6) is -1.58. The van der Waals surface area contributed by atoms with Crippen molar-refractivity contribution in [2.24, 2.45) is 0 Å². The van der Waals surface area contributed by atoms with Crippen molar-refractivity contribution in [3.05, 3.63) is 111 Å². The second kappa shape index (κ2) is 9.54. The molecule has 5 rings (SSSR count). The van der Waals surface area contributed by atoms with Crippen molar-refractivity contribution in [1.29, 1.82) is 0 Å². The minimum atomic E-state index is -0.615. The number of rotatable bonds is 6. The van der Waals surface area contributed by atoms with Crippen molar-refractivity contribution >= 4 is 40.3 Å². The molecule has 1 aliphatic heterocycles. The van der Waals surface area contributed by atoms with E-state index in [2.05, 4.69) is 5.32 Å². The maximum Gasteiger partial charge on any atom is 0.338 e. The molecule has 3 aromatic carbocycles. The molecule has 0 aliphatic carbocycles. The number of carbonyl (C=O) groups is 4. The van der Waals surface area contributed by atoms with Crippen LogP contribution in [0.1, 0.15) is 49.1 Å². The van der Waals surface area contributed by atoms with Crippen LogP contribution in [0.2, 0.25) is 0 Å². The lowest BCUT2D eigenvalue weighted by Gasteiger charge is -2.14. The van der Waals surface area contributed by atoms with Gasteiger partial charge in [-0.1, -0.05) is 24.3 Å². The summed E-state index contributed by atoms with van der Waals surface area (Å²) in [4.78, 5) is 62.2. The summed E-state index contributed by atoms with van der Waals surface area (Å²) in [6, 6.07) is 19.2. The molecule has 0 unspecified atom stereocenters. The first kappa shape index (κ1) is 23.7. The van der Waals surface area contributed by atoms with Gasteiger partial charge in [-0.3, -0.25) is 19.3 Å². The van der Waals surface area contributed by atoms with E-state index in [4.69, 9.17) is 9.15 Å². The molecule has 1 aromatic heterocycles. The first-order valence-corrected chi connectivity index (χ1v) is 11.4. The quantitative estimate of drug-likeness (QED) is 0.244. The number of esters is 1. The molecule has 0 bridgehead atoms. The number of carbonyl (C=O) groups excluding carboxylic acids is 4. The predicted octanol–water partition coefficient (Wildman–Crippen LogP) is 3.90. The molecule has 0 spiro atoms. The topological polar surface area (TPSA) is 123 Å². The van der Waals surface area contributed by atoms with Crippen molar-refractivity contribution in [3.63, 3.8) is 0 Å². The summed E-state index contributed by atoms with van der Waals surface area (Å²) < 4.78 is 10.6. The lowest BCUT2D eigenvalue weighted by atomic mass is 10.1. The van der Waals surface area contributed by atoms with Crippen molar-refractivity contribution < 1.29 is 28.3 Å². The van der Waals surface area contributed by atoms with E-state index in [0.29, 0.717) is 33.3 Å². The Morgan fingerprint density at radius 3 is 2.22 bits per heavy atom. The largest absolute Gasteiger partial charge is 0.457 e. The first-order valence-electron chi connectivity index (χ1n) is 11.4. The molecule has 0 fully saturated rings. The van der Waals surface area contributed by atoms with Crippen molar-refractivity contribution in [2.45, 2.75) is 20.1 Å². The molecule has 0 atom stereocenters. The molecular formula is C28H20N2O7. The zero-order valence-corrected chi connectivity index (χ0v) is 19.6. The van der Waals surface area contributed by atoms with Gasteiger partial charge >= 0.3 is 11.6 Å². The van der Waals surface area contributed by atoms with Gasteiger partial charge in [-0.15, -0.1) is 0 Å². The molecule has 184 valence electrons. The number of nitrogens with one attached hydrogen (secondary N) is 1. The molecule has 0 saturated carbocycles. The number of anilines is 1. The lowest BCUT2D eigenvalue weighted by molar-refractivity contribution is -0.114. The minimum Gasteiger partial charge on any atom is -0.457 e. The number of benzene rings is 3. The summed E-state index contributed by atoms with van der Waals surface area (Å²) >= 11 is 0. The smallest absolute Gasteiger partial charge is 0.338 e. The molecule has 3 amide bonds. The van der Waals surface area contributed by atoms with Crippen LogP contribution in [0, 0.1) is 0 Å². The Kier molecular flexibility index (Phi) is 6.10. The van der Waals surface area contributed by atoms with Gasteiger partial charge in [0.2, 0.25) is 5.91 Å². The van der Waals surface area contributed by atoms with E-state index in [1.165, 1.54) is 24.0 Å². The van der Waals surface area contributed by atoms with Crippen LogP contribution in [-0.4, -0.2) is 28.6 Å². The maximum atomic E-state index is 12.6. The van der Waals surface area contributed by atoms with Crippen LogP contribution in [0.3, 0.4) is 0 Å². The van der Waals surface area contributed by atoms with Crippen LogP contribution in [0.25, 0.3) is 11.0 Å². The zero-order chi connectivity index (χ0) is 26.1. The maximum absolute atomic E-state index is 12.6. The first-order chi connectivity index (χ1) is 17.8. The minimum absolute atomic E-state index is 0.0773. The number of hydrogen-bond acceptors (Lipinski definition) is 7. The highest BCUT2D eigenvalue weighted by molar-refractivity contribution is 6.21. The van der Waals surface area contributed by atoms with Gasteiger partial charge in [-0.05, 0) is 42.0 Å². The third kappa shape index (κ3) is 4.74. The predicted molar refractivity (Wildman–Crippen MR) is 133 cm³/mol. The van der Waals surface area contributed by atoms with Gasteiger partial charge in [0, 0.05) is 35.7 Å². The van der Waals surface area contributed by atoms with Crippen LogP contribution in [0.15, 0.2) is 82.0 Å². The monoisotopic (exact) mass is 496 g/mol. The third-order valence-corrected chi connectivity index (χ3v) is 5.92. The number of imide groups is 1. The molecule has 1 aliphatic rings. The molecular weight excluding hydrogens is 476 g/mol. The summed E-state index contributed by atoms with van der Waals surface area (Å²) in [5.41, 5.74) is 2.26. The fourth-order valence-electron chi connectivity index (χ4n) is 4.17. The summed E-state index contributed by atoms with van der Waals surface area (Å²) in [5, 5.41) is 3.18. The number of ether oxygens (including phenoxy) is 1. The second-order valence-electron chi connectivity index (χ2n) is 8.50. The summed E-state index contributed by atoms with van der Waals surface area (Å²) in [6.07, 6.45) is 0. The number of nitrogens with zero attached hydrogens (tertiary/aromatic N) is 1. The lowest BCUT2D eigenvalue weighted by Crippen LogP contribution is -2.29. The van der Waals surface area contributed by atoms with E-state index in [-0.39, 0.29) is 42.0 Å². The number of fused-ring (bicyclic) bond motifs is 2. The Balaban J connectivity index is 1.26. The van der Waals surface area contributed by atoms with Gasteiger partial charge in [-0.25, -0.2) is 9.59 Å². The van der Waals surface area contributed by atoms with Crippen LogP contribution >= 0.6 is 0 Å². The summed E-state index contributed by atoms with van der Waals surface area (Å²) in [7, 11) is 0. The van der Waals surface area contributed by atoms with Crippen LogP contribution in [-0.2, 0) is 22.7 Å². The fraction of sp³-hybridized carbons (Fsp3) is 0.107. The number of hydrogen-bond donors (Lipinski definition) is 1. The second-order valence-corrected chi connectivity index (χ2v) is 8.50. The molecule has 0 saturated heterocycles. The van der Waals surface area contributed by atoms with Crippen LogP contribution < -0.4 is 10.9 Å². The average Bonchev–Trinajstić information content (AvgIpc) is 3.12. The highest BCUT2D eigenvalue weighted by Crippen LogP contribution is 2.25. The van der Waals surface area contributed by atoms with Gasteiger partial charge in [0.25, 0.3) is 11.8 Å². The van der Waals surface area contributed by atoms with E-state index >= 15 is 0 Å². The van der Waals surface area contributed by atoms with Gasteiger partial charge in [0.15, 0.2) is 0 Å². The normalized spacial score (nSPS) is 12.5. The van der Waals surface area contributed by atoms with Gasteiger partial charge in [-0.2, -0.15) is 0 Å². The summed E-state index contributed by atoms with van der Waals surface area (Å²) in [6.45, 7) is 1.28. The van der Waals surface area contributed by atoms with Crippen molar-refractivity contribution in [1.82, 2.24) is 4.90 Å². The van der Waals surface area contributed by atoms with E-state index in [0.717, 1.165) is 0 Å². The third-order valence-electron chi connectivity index (χ3n) is 5.92. The van der Waals surface area contributed by atoms with Gasteiger partial charge in [0.05, 0.1) is 23.2 Å². The zero-order valence-electron chi connectivity index (χ0n) is 19.6. The molecule has 0 radical (unpaired) electrons. The van der Waals surface area contributed by atoms with Crippen LogP contribution in [0.4, 0.5) is 5.69 Å². The molecule has 9 nitrogen and oxygen atoms in total.